The zero-order valence-corrected chi connectivity index (χ0v) is 61.9. The molecule has 0 spiro atoms. The molecule has 18 heteroatoms. The zero-order chi connectivity index (χ0) is 73.1. The quantitative estimate of drug-likeness (QED) is 0.0217. The Balaban J connectivity index is 0.000000389. The van der Waals surface area contributed by atoms with Crippen molar-refractivity contribution in [2.24, 2.45) is 11.8 Å². The van der Waals surface area contributed by atoms with Crippen molar-refractivity contribution in [3.8, 4) is 40.2 Å². The second-order valence-electron chi connectivity index (χ2n) is 26.3. The Morgan fingerprint density at radius 3 is 1.35 bits per heavy atom. The van der Waals surface area contributed by atoms with Gasteiger partial charge in [0.2, 0.25) is 0 Å². The third-order valence-electron chi connectivity index (χ3n) is 16.4. The molecule has 0 saturated carbocycles. The van der Waals surface area contributed by atoms with Gasteiger partial charge in [-0.05, 0) is 215 Å². The summed E-state index contributed by atoms with van der Waals surface area (Å²) in [6, 6.07) is 33.9. The van der Waals surface area contributed by atoms with E-state index in [2.05, 4.69) is 4.74 Å². The van der Waals surface area contributed by atoms with Crippen molar-refractivity contribution < 1.29 is 86.9 Å². The maximum absolute atomic E-state index is 13.0. The molecule has 98 heavy (non-hydrogen) atoms. The molecule has 6 rings (SSSR count). The first kappa shape index (κ1) is 82.6. The van der Waals surface area contributed by atoms with Crippen LogP contribution < -0.4 is 23.7 Å². The van der Waals surface area contributed by atoms with E-state index >= 15 is 0 Å². The molecule has 540 valence electrons. The summed E-state index contributed by atoms with van der Waals surface area (Å²) in [4.78, 5) is 36.3. The van der Waals surface area contributed by atoms with E-state index in [0.29, 0.717) is 53.9 Å². The SMILES string of the molecule is CCOC(C)CC(=O)OCC(Oc1ccc(C)cc1OC)C(Oc1ccc(C(OC(=O)CC(C)OCC)C(C)C)cc1)c1cc(C)c(O)c(C(C)C)c1.COC(=O)CC(C)OC.Cc1ccc(OC(CO)C(Oc2ccc(C(O)C(C)C)cc2)c2cc(C)c(O)c(C(C)C)c2)c(C)c1. The van der Waals surface area contributed by atoms with Crippen LogP contribution in [0.3, 0.4) is 0 Å². The maximum atomic E-state index is 13.0. The number of carbonyl (C=O) groups excluding carboxylic acids is 3. The number of methoxy groups -OCH3 is 3. The monoisotopic (exact) mass is 1360 g/mol. The number of phenols is 2. The van der Waals surface area contributed by atoms with Crippen molar-refractivity contribution in [2.45, 2.75) is 211 Å². The Hall–Kier alpha value is -7.87. The second kappa shape index (κ2) is 40.9. The predicted molar refractivity (Wildman–Crippen MR) is 382 cm³/mol. The van der Waals surface area contributed by atoms with Crippen molar-refractivity contribution in [2.75, 3.05) is 47.8 Å². The van der Waals surface area contributed by atoms with E-state index in [1.807, 2.05) is 234 Å². The Kier molecular flexibility index (Phi) is 34.4. The molecule has 18 nitrogen and oxygen atoms in total. The molecule has 0 aromatic heterocycles. The minimum atomic E-state index is -0.863. The fourth-order valence-electron chi connectivity index (χ4n) is 10.8. The van der Waals surface area contributed by atoms with Gasteiger partial charge in [-0.3, -0.25) is 14.4 Å². The molecule has 0 bridgehead atoms. The fraction of sp³-hybridized carbons (Fsp3) is 0.512. The van der Waals surface area contributed by atoms with Crippen molar-refractivity contribution >= 4 is 17.9 Å². The van der Waals surface area contributed by atoms with Crippen LogP contribution in [0.1, 0.15) is 207 Å². The molecule has 4 N–H and O–H groups in total. The Bertz CT molecular complexity index is 3390. The normalized spacial score (nSPS) is 14.1. The van der Waals surface area contributed by atoms with Gasteiger partial charge in [-0.25, -0.2) is 0 Å². The summed E-state index contributed by atoms with van der Waals surface area (Å²) in [6.07, 6.45) is -4.09. The Labute approximate surface area is 583 Å². The van der Waals surface area contributed by atoms with Gasteiger partial charge >= 0.3 is 17.9 Å². The van der Waals surface area contributed by atoms with Crippen LogP contribution >= 0.6 is 0 Å². The molecular formula is C80H112O18. The molecule has 0 heterocycles. The van der Waals surface area contributed by atoms with Gasteiger partial charge in [0.05, 0.1) is 64.5 Å². The van der Waals surface area contributed by atoms with Gasteiger partial charge in [-0.1, -0.05) is 103 Å². The number of aryl methyl sites for hydroxylation is 5. The number of aliphatic hydroxyl groups excluding tert-OH is 2. The van der Waals surface area contributed by atoms with Crippen molar-refractivity contribution in [3.05, 3.63) is 170 Å². The van der Waals surface area contributed by atoms with Crippen LogP contribution in [0.15, 0.2) is 109 Å². The molecule has 0 saturated heterocycles. The van der Waals surface area contributed by atoms with Crippen LogP contribution in [0, 0.1) is 46.5 Å². The van der Waals surface area contributed by atoms with E-state index in [0.717, 1.165) is 55.6 Å². The van der Waals surface area contributed by atoms with Crippen LogP contribution in [0.2, 0.25) is 0 Å². The average Bonchev–Trinajstić information content (AvgIpc) is 0.803. The maximum Gasteiger partial charge on any atom is 0.309 e. The molecule has 0 amide bonds. The van der Waals surface area contributed by atoms with Gasteiger partial charge in [-0.15, -0.1) is 0 Å². The second-order valence-corrected chi connectivity index (χ2v) is 26.3. The molecule has 9 unspecified atom stereocenters. The lowest BCUT2D eigenvalue weighted by Crippen LogP contribution is -2.35. The van der Waals surface area contributed by atoms with Gasteiger partial charge in [0.15, 0.2) is 35.9 Å². The number of carbonyl (C=O) groups is 3. The molecule has 0 radical (unpaired) electrons. The topological polar surface area (TPSA) is 234 Å². The molecule has 0 fully saturated rings. The first-order valence-corrected chi connectivity index (χ1v) is 34.1. The number of ether oxygens (including phenoxy) is 11. The molecule has 0 aliphatic heterocycles. The van der Waals surface area contributed by atoms with E-state index in [1.54, 1.807) is 14.2 Å². The minimum absolute atomic E-state index is 0.00947. The van der Waals surface area contributed by atoms with Crippen LogP contribution in [-0.2, 0) is 42.8 Å². The number of esters is 3. The number of hydrogen-bond donors (Lipinski definition) is 4. The molecular weight excluding hydrogens is 1250 g/mol. The highest BCUT2D eigenvalue weighted by atomic mass is 16.6. The van der Waals surface area contributed by atoms with E-state index in [-0.39, 0.29) is 91.5 Å². The molecule has 9 atom stereocenters. The molecule has 0 aliphatic carbocycles. The summed E-state index contributed by atoms with van der Waals surface area (Å²) in [5, 5.41) is 42.5. The van der Waals surface area contributed by atoms with E-state index in [4.69, 9.17) is 47.4 Å². The van der Waals surface area contributed by atoms with E-state index in [1.165, 1.54) is 7.11 Å². The van der Waals surface area contributed by atoms with Crippen molar-refractivity contribution in [1.29, 1.82) is 0 Å². The van der Waals surface area contributed by atoms with Gasteiger partial charge < -0.3 is 72.5 Å². The van der Waals surface area contributed by atoms with Crippen LogP contribution in [0.4, 0.5) is 0 Å². The number of rotatable bonds is 34. The summed E-state index contributed by atoms with van der Waals surface area (Å²) in [7, 11) is 4.50. The van der Waals surface area contributed by atoms with Gasteiger partial charge in [0, 0.05) is 20.3 Å². The van der Waals surface area contributed by atoms with Crippen LogP contribution in [-0.4, -0.2) is 117 Å². The molecule has 6 aromatic rings. The molecule has 6 aromatic carbocycles. The summed E-state index contributed by atoms with van der Waals surface area (Å²) in [5.41, 5.74) is 9.24. The highest BCUT2D eigenvalue weighted by Crippen LogP contribution is 2.40. The number of phenolic OH excluding ortho intramolecular Hbond substituents is 2. The number of aliphatic hydroxyl groups is 2. The standard InChI is InChI=1S/C43H60O10.C31H40O5.C6H12O3/c1-12-48-30(9)22-39(44)50-25-38(52-36-19-14-28(7)20-37(36)47-11)43(33-21-29(8)41(46)35(24-33)26(3)4)51-34-17-15-32(16-18-34)42(27(5)6)53-40(45)23-31(10)49-13-2;1-18(2)26-16-24(15-22(7)30(26)34)31(28(17-32)36-27-13-8-20(5)14-21(27)6)35-25-11-9-23(10-12-25)29(33)19(3)4;1-5(8-2)4-6(7)9-3/h14-21,24,26-27,30-31,38,42-43,46H,12-13,22-23,25H2,1-11H3;8-16,18-19,28-29,31-34H,17H2,1-7H3;5H,4H2,1-3H3. The average molecular weight is 1360 g/mol. The number of aromatic hydroxyl groups is 2. The Morgan fingerprint density at radius 2 is 0.908 bits per heavy atom. The summed E-state index contributed by atoms with van der Waals surface area (Å²) in [6.45, 7) is 35.5. The lowest BCUT2D eigenvalue weighted by Gasteiger charge is -2.30. The smallest absolute Gasteiger partial charge is 0.309 e. The summed E-state index contributed by atoms with van der Waals surface area (Å²) < 4.78 is 64.0. The lowest BCUT2D eigenvalue weighted by molar-refractivity contribution is -0.154. The first-order chi connectivity index (χ1) is 46.4. The predicted octanol–water partition coefficient (Wildman–Crippen LogP) is 16.4. The highest BCUT2D eigenvalue weighted by Gasteiger charge is 2.34. The molecule has 0 aliphatic rings. The third-order valence-corrected chi connectivity index (χ3v) is 16.4. The zero-order valence-electron chi connectivity index (χ0n) is 61.9. The van der Waals surface area contributed by atoms with E-state index in [9.17, 15) is 34.8 Å². The fourth-order valence-corrected chi connectivity index (χ4v) is 10.8. The first-order valence-electron chi connectivity index (χ1n) is 34.1. The van der Waals surface area contributed by atoms with Crippen molar-refractivity contribution in [1.82, 2.24) is 0 Å². The minimum Gasteiger partial charge on any atom is -0.507 e. The van der Waals surface area contributed by atoms with Crippen LogP contribution in [0.5, 0.6) is 40.2 Å². The lowest BCUT2D eigenvalue weighted by atomic mass is 9.93. The van der Waals surface area contributed by atoms with Crippen LogP contribution in [0.25, 0.3) is 0 Å². The van der Waals surface area contributed by atoms with Crippen molar-refractivity contribution in [3.63, 3.8) is 0 Å². The highest BCUT2D eigenvalue weighted by molar-refractivity contribution is 5.71. The summed E-state index contributed by atoms with van der Waals surface area (Å²) >= 11 is 0. The largest absolute Gasteiger partial charge is 0.507 e. The Morgan fingerprint density at radius 1 is 0.449 bits per heavy atom. The third kappa shape index (κ3) is 25.8. The summed E-state index contributed by atoms with van der Waals surface area (Å²) in [5.74, 6) is 2.47. The van der Waals surface area contributed by atoms with Gasteiger partial charge in [-0.2, -0.15) is 0 Å². The van der Waals surface area contributed by atoms with E-state index < -0.39 is 42.6 Å². The number of hydrogen-bond acceptors (Lipinski definition) is 18. The van der Waals surface area contributed by atoms with Gasteiger partial charge in [0.1, 0.15) is 41.5 Å². The number of benzene rings is 6. The van der Waals surface area contributed by atoms with Gasteiger partial charge in [0.25, 0.3) is 0 Å².